The Morgan fingerprint density at radius 1 is 1.03 bits per heavy atom. The maximum atomic E-state index is 3.85. The maximum Gasteiger partial charge on any atom is 0.0545 e. The molecular weight excluding hydrogens is 390 g/mol. The molecule has 0 spiro atoms. The minimum atomic E-state index is 0.680. The molecule has 3 heteroatoms. The van der Waals surface area contributed by atoms with E-state index in [1.54, 1.807) is 22.5 Å². The Labute approximate surface area is 193 Å². The SMILES string of the molecule is C1=CCCC(N2C3=CCC(C4CCC5NC6=C(C=CNC6)C5C4)C=C3C3CCCCC32)=C1. The van der Waals surface area contributed by atoms with Crippen LogP contribution in [0.4, 0.5) is 0 Å². The van der Waals surface area contributed by atoms with Crippen molar-refractivity contribution in [3.63, 3.8) is 0 Å². The first-order valence-electron chi connectivity index (χ1n) is 13.3. The quantitative estimate of drug-likeness (QED) is 0.593. The van der Waals surface area contributed by atoms with Crippen molar-refractivity contribution >= 4 is 0 Å². The zero-order valence-corrected chi connectivity index (χ0v) is 19.2. The Morgan fingerprint density at radius 3 is 2.94 bits per heavy atom. The number of nitrogens with zero attached hydrogens (tertiary/aromatic N) is 1. The molecular formula is C29H37N3. The lowest BCUT2D eigenvalue weighted by Gasteiger charge is -2.37. The van der Waals surface area contributed by atoms with E-state index >= 15 is 0 Å². The molecule has 0 aromatic carbocycles. The number of nitrogens with one attached hydrogen (secondary N) is 2. The van der Waals surface area contributed by atoms with E-state index in [4.69, 9.17) is 0 Å². The van der Waals surface area contributed by atoms with Crippen LogP contribution in [-0.4, -0.2) is 23.5 Å². The molecule has 1 saturated heterocycles. The lowest BCUT2D eigenvalue weighted by molar-refractivity contribution is 0.214. The zero-order chi connectivity index (χ0) is 21.1. The summed E-state index contributed by atoms with van der Waals surface area (Å²) in [5.74, 6) is 3.09. The first kappa shape index (κ1) is 19.3. The van der Waals surface area contributed by atoms with E-state index in [0.717, 1.165) is 36.3 Å². The van der Waals surface area contributed by atoms with Gasteiger partial charge in [-0.15, -0.1) is 0 Å². The molecule has 3 nitrogen and oxygen atoms in total. The van der Waals surface area contributed by atoms with Crippen LogP contribution in [0.25, 0.3) is 0 Å². The summed E-state index contributed by atoms with van der Waals surface area (Å²) in [6, 6.07) is 1.40. The predicted octanol–water partition coefficient (Wildman–Crippen LogP) is 5.68. The largest absolute Gasteiger partial charge is 0.385 e. The number of hydrogen-bond donors (Lipinski definition) is 2. The number of rotatable bonds is 2. The van der Waals surface area contributed by atoms with E-state index in [-0.39, 0.29) is 0 Å². The molecule has 0 bridgehead atoms. The Hall–Kier alpha value is -2.16. The average Bonchev–Trinajstić information content (AvgIpc) is 3.39. The molecule has 0 aromatic heterocycles. The standard InChI is InChI=1S/C29H37N3/c1-2-6-21(7-3-1)32-28-9-5-4-8-23(28)25-17-20(11-13-29(25)32)19-10-12-26-24(16-19)22-14-15-30-18-27(22)31-26/h1-2,6,13-15,17,19-20,23-24,26,28,30-31H,3-5,7-12,16,18H2. The smallest absolute Gasteiger partial charge is 0.0545 e. The highest BCUT2D eigenvalue weighted by Crippen LogP contribution is 2.52. The van der Waals surface area contributed by atoms with Gasteiger partial charge >= 0.3 is 0 Å². The normalized spacial score (nSPS) is 39.8. The second-order valence-electron chi connectivity index (χ2n) is 11.1. The van der Waals surface area contributed by atoms with Gasteiger partial charge in [0.25, 0.3) is 0 Å². The number of fused-ring (bicyclic) bond motifs is 5. The monoisotopic (exact) mass is 427 g/mol. The van der Waals surface area contributed by atoms with Crippen LogP contribution in [0.2, 0.25) is 0 Å². The fourth-order valence-corrected chi connectivity index (χ4v) is 8.08. The predicted molar refractivity (Wildman–Crippen MR) is 130 cm³/mol. The fourth-order valence-electron chi connectivity index (χ4n) is 8.08. The van der Waals surface area contributed by atoms with Gasteiger partial charge in [0, 0.05) is 41.0 Å². The van der Waals surface area contributed by atoms with Crippen molar-refractivity contribution in [2.45, 2.75) is 76.3 Å². The summed E-state index contributed by atoms with van der Waals surface area (Å²) in [5.41, 5.74) is 7.98. The molecule has 7 rings (SSSR count). The van der Waals surface area contributed by atoms with Crippen molar-refractivity contribution in [2.75, 3.05) is 6.54 Å². The van der Waals surface area contributed by atoms with Crippen molar-refractivity contribution in [3.05, 3.63) is 70.9 Å². The Morgan fingerprint density at radius 2 is 2.00 bits per heavy atom. The van der Waals surface area contributed by atoms with Gasteiger partial charge < -0.3 is 15.5 Å². The molecule has 6 atom stereocenters. The molecule has 3 fully saturated rings. The van der Waals surface area contributed by atoms with Gasteiger partial charge in [-0.1, -0.05) is 37.1 Å². The topological polar surface area (TPSA) is 27.3 Å². The summed E-state index contributed by atoms with van der Waals surface area (Å²) < 4.78 is 0. The molecule has 4 aliphatic carbocycles. The van der Waals surface area contributed by atoms with Crippen molar-refractivity contribution in [1.82, 2.24) is 15.5 Å². The van der Waals surface area contributed by atoms with Crippen LogP contribution < -0.4 is 10.6 Å². The van der Waals surface area contributed by atoms with Crippen LogP contribution in [0.5, 0.6) is 0 Å². The van der Waals surface area contributed by atoms with Gasteiger partial charge in [0.1, 0.15) is 0 Å². The molecule has 2 N–H and O–H groups in total. The average molecular weight is 428 g/mol. The van der Waals surface area contributed by atoms with Gasteiger partial charge in [-0.2, -0.15) is 0 Å². The first-order chi connectivity index (χ1) is 15.9. The molecule has 3 heterocycles. The summed E-state index contributed by atoms with van der Waals surface area (Å²) in [6.45, 7) is 0.993. The molecule has 168 valence electrons. The molecule has 0 radical (unpaired) electrons. The summed E-state index contributed by atoms with van der Waals surface area (Å²) in [5, 5.41) is 7.25. The van der Waals surface area contributed by atoms with Gasteiger partial charge in [0.2, 0.25) is 0 Å². The molecule has 0 aromatic rings. The van der Waals surface area contributed by atoms with Crippen LogP contribution >= 0.6 is 0 Å². The second kappa shape index (κ2) is 7.71. The summed E-state index contributed by atoms with van der Waals surface area (Å²) >= 11 is 0. The third-order valence-electron chi connectivity index (χ3n) is 9.56. The first-order valence-corrected chi connectivity index (χ1v) is 13.3. The van der Waals surface area contributed by atoms with Crippen molar-refractivity contribution < 1.29 is 0 Å². The summed E-state index contributed by atoms with van der Waals surface area (Å²) in [4.78, 5) is 2.80. The molecule has 2 saturated carbocycles. The minimum Gasteiger partial charge on any atom is -0.385 e. The van der Waals surface area contributed by atoms with E-state index in [0.29, 0.717) is 6.04 Å². The number of hydrogen-bond acceptors (Lipinski definition) is 3. The van der Waals surface area contributed by atoms with E-state index < -0.39 is 0 Å². The van der Waals surface area contributed by atoms with Gasteiger partial charge in [-0.3, -0.25) is 0 Å². The van der Waals surface area contributed by atoms with Crippen molar-refractivity contribution in [2.24, 2.45) is 23.7 Å². The van der Waals surface area contributed by atoms with E-state index in [1.807, 2.05) is 0 Å². The summed E-state index contributed by atoms with van der Waals surface area (Å²) in [7, 11) is 0. The number of dihydropyridines is 1. The highest BCUT2D eigenvalue weighted by molar-refractivity contribution is 5.46. The van der Waals surface area contributed by atoms with Gasteiger partial charge in [-0.05, 0) is 92.7 Å². The second-order valence-corrected chi connectivity index (χ2v) is 11.1. The molecule has 0 amide bonds. The van der Waals surface area contributed by atoms with Crippen molar-refractivity contribution in [1.29, 1.82) is 0 Å². The van der Waals surface area contributed by atoms with Crippen LogP contribution in [0, 0.1) is 23.7 Å². The lowest BCUT2D eigenvalue weighted by atomic mass is 9.68. The van der Waals surface area contributed by atoms with Crippen LogP contribution in [0.1, 0.15) is 64.2 Å². The van der Waals surface area contributed by atoms with Crippen LogP contribution in [0.3, 0.4) is 0 Å². The number of allylic oxidation sites excluding steroid dienone is 8. The number of likely N-dealkylation sites (tertiary alicyclic amines) is 1. The molecule has 6 unspecified atom stereocenters. The maximum absolute atomic E-state index is 3.85. The molecule has 7 aliphatic rings. The highest BCUT2D eigenvalue weighted by atomic mass is 15.2. The van der Waals surface area contributed by atoms with E-state index in [1.165, 1.54) is 69.9 Å². The highest BCUT2D eigenvalue weighted by Gasteiger charge is 2.46. The molecule has 32 heavy (non-hydrogen) atoms. The minimum absolute atomic E-state index is 0.680. The summed E-state index contributed by atoms with van der Waals surface area (Å²) in [6.07, 6.45) is 30.3. The lowest BCUT2D eigenvalue weighted by Crippen LogP contribution is -2.37. The van der Waals surface area contributed by atoms with Crippen LogP contribution in [-0.2, 0) is 0 Å². The Bertz CT molecular complexity index is 976. The van der Waals surface area contributed by atoms with Crippen molar-refractivity contribution in [3.8, 4) is 0 Å². The van der Waals surface area contributed by atoms with Crippen LogP contribution in [0.15, 0.2) is 70.9 Å². The third kappa shape index (κ3) is 2.99. The Kier molecular flexibility index (Phi) is 4.66. The van der Waals surface area contributed by atoms with Gasteiger partial charge in [0.05, 0.1) is 6.54 Å². The Balaban J connectivity index is 1.16. The molecule has 3 aliphatic heterocycles. The fraction of sp³-hybridized carbons (Fsp3) is 0.586. The third-order valence-corrected chi connectivity index (χ3v) is 9.56. The van der Waals surface area contributed by atoms with E-state index in [2.05, 4.69) is 58.2 Å². The van der Waals surface area contributed by atoms with Gasteiger partial charge in [-0.25, -0.2) is 0 Å². The van der Waals surface area contributed by atoms with Gasteiger partial charge in [0.15, 0.2) is 0 Å². The van der Waals surface area contributed by atoms with E-state index in [9.17, 15) is 0 Å². The zero-order valence-electron chi connectivity index (χ0n) is 19.2.